The van der Waals surface area contributed by atoms with Gasteiger partial charge >= 0.3 is 0 Å². The Hall–Kier alpha value is -2.01. The molecule has 0 saturated carbocycles. The largest absolute Gasteiger partial charge is 0.493 e. The number of amides is 1. The lowest BCUT2D eigenvalue weighted by molar-refractivity contribution is 0.0947. The van der Waals surface area contributed by atoms with Gasteiger partial charge in [0.15, 0.2) is 11.5 Å². The summed E-state index contributed by atoms with van der Waals surface area (Å²) >= 11 is 3.34. The highest BCUT2D eigenvalue weighted by atomic mass is 79.9. The Morgan fingerprint density at radius 3 is 2.55 bits per heavy atom. The standard InChI is InChI=1S/C17H18BrNO3/c1-12-3-8-15(16(11-12)21-2)22-10-9-19-17(20)13-4-6-14(18)7-5-13/h3-8,11H,9-10H2,1-2H3,(H,19,20). The molecule has 0 aliphatic carbocycles. The fourth-order valence-corrected chi connectivity index (χ4v) is 2.19. The molecule has 0 aliphatic heterocycles. The van der Waals surface area contributed by atoms with Crippen LogP contribution in [0.4, 0.5) is 0 Å². The Kier molecular flexibility index (Phi) is 5.83. The van der Waals surface area contributed by atoms with Gasteiger partial charge in [-0.25, -0.2) is 0 Å². The fourth-order valence-electron chi connectivity index (χ4n) is 1.92. The van der Waals surface area contributed by atoms with Crippen molar-refractivity contribution in [2.45, 2.75) is 6.92 Å². The molecule has 22 heavy (non-hydrogen) atoms. The molecule has 2 rings (SSSR count). The van der Waals surface area contributed by atoms with E-state index in [0.717, 1.165) is 10.0 Å². The third-order valence-electron chi connectivity index (χ3n) is 3.07. The maximum Gasteiger partial charge on any atom is 0.251 e. The van der Waals surface area contributed by atoms with Crippen LogP contribution in [-0.4, -0.2) is 26.2 Å². The minimum Gasteiger partial charge on any atom is -0.493 e. The highest BCUT2D eigenvalue weighted by Crippen LogP contribution is 2.27. The zero-order chi connectivity index (χ0) is 15.9. The monoisotopic (exact) mass is 363 g/mol. The van der Waals surface area contributed by atoms with Crippen LogP contribution in [0.25, 0.3) is 0 Å². The summed E-state index contributed by atoms with van der Waals surface area (Å²) < 4.78 is 11.9. The average Bonchev–Trinajstić information content (AvgIpc) is 2.53. The molecule has 116 valence electrons. The number of methoxy groups -OCH3 is 1. The molecule has 1 N–H and O–H groups in total. The second-order valence-electron chi connectivity index (χ2n) is 4.77. The van der Waals surface area contributed by atoms with Crippen molar-refractivity contribution in [2.24, 2.45) is 0 Å². The van der Waals surface area contributed by atoms with Crippen molar-refractivity contribution >= 4 is 21.8 Å². The Balaban J connectivity index is 1.82. The summed E-state index contributed by atoms with van der Waals surface area (Å²) in [5, 5.41) is 2.82. The normalized spacial score (nSPS) is 10.1. The van der Waals surface area contributed by atoms with Crippen LogP contribution in [0.2, 0.25) is 0 Å². The lowest BCUT2D eigenvalue weighted by Gasteiger charge is -2.11. The molecule has 0 fully saturated rings. The number of nitrogens with one attached hydrogen (secondary N) is 1. The summed E-state index contributed by atoms with van der Waals surface area (Å²) in [5.74, 6) is 1.25. The van der Waals surface area contributed by atoms with Crippen LogP contribution < -0.4 is 14.8 Å². The van der Waals surface area contributed by atoms with Gasteiger partial charge in [0.25, 0.3) is 5.91 Å². The number of carbonyl (C=O) groups is 1. The maximum absolute atomic E-state index is 11.9. The van der Waals surface area contributed by atoms with Crippen LogP contribution in [0, 0.1) is 6.92 Å². The van der Waals surface area contributed by atoms with Crippen LogP contribution in [0.15, 0.2) is 46.9 Å². The number of carbonyl (C=O) groups excluding carboxylic acids is 1. The van der Waals surface area contributed by atoms with Crippen LogP contribution in [0.5, 0.6) is 11.5 Å². The Morgan fingerprint density at radius 2 is 1.86 bits per heavy atom. The first-order chi connectivity index (χ1) is 10.6. The summed E-state index contributed by atoms with van der Waals surface area (Å²) in [4.78, 5) is 11.9. The number of ether oxygens (including phenoxy) is 2. The van der Waals surface area contributed by atoms with Crippen LogP contribution in [0.3, 0.4) is 0 Å². The van der Waals surface area contributed by atoms with E-state index in [0.29, 0.717) is 30.2 Å². The van der Waals surface area contributed by atoms with Crippen molar-refractivity contribution in [3.05, 3.63) is 58.1 Å². The van der Waals surface area contributed by atoms with Crippen molar-refractivity contribution < 1.29 is 14.3 Å². The number of rotatable bonds is 6. The Bertz CT molecular complexity index is 641. The fraction of sp³-hybridized carbons (Fsp3) is 0.235. The molecule has 5 heteroatoms. The van der Waals surface area contributed by atoms with Gasteiger partial charge in [-0.05, 0) is 48.9 Å². The molecule has 1 amide bonds. The van der Waals surface area contributed by atoms with Gasteiger partial charge in [0.05, 0.1) is 13.7 Å². The molecule has 2 aromatic carbocycles. The van der Waals surface area contributed by atoms with E-state index in [-0.39, 0.29) is 5.91 Å². The van der Waals surface area contributed by atoms with E-state index in [1.54, 1.807) is 19.2 Å². The van der Waals surface area contributed by atoms with Crippen molar-refractivity contribution in [1.82, 2.24) is 5.32 Å². The average molecular weight is 364 g/mol. The van der Waals surface area contributed by atoms with Crippen LogP contribution >= 0.6 is 15.9 Å². The molecule has 0 spiro atoms. The second kappa shape index (κ2) is 7.84. The predicted molar refractivity (Wildman–Crippen MR) is 89.7 cm³/mol. The SMILES string of the molecule is COc1cc(C)ccc1OCCNC(=O)c1ccc(Br)cc1. The first-order valence-corrected chi connectivity index (χ1v) is 7.70. The first kappa shape index (κ1) is 16.4. The van der Waals surface area contributed by atoms with Gasteiger partial charge in [0.2, 0.25) is 0 Å². The van der Waals surface area contributed by atoms with Gasteiger partial charge in [-0.3, -0.25) is 4.79 Å². The number of hydrogen-bond donors (Lipinski definition) is 1. The number of halogens is 1. The van der Waals surface area contributed by atoms with Crippen LogP contribution in [-0.2, 0) is 0 Å². The molecule has 0 aliphatic rings. The highest BCUT2D eigenvalue weighted by molar-refractivity contribution is 9.10. The van der Waals surface area contributed by atoms with E-state index in [2.05, 4.69) is 21.2 Å². The number of benzene rings is 2. The third-order valence-corrected chi connectivity index (χ3v) is 3.60. The van der Waals surface area contributed by atoms with E-state index in [9.17, 15) is 4.79 Å². The Labute approximate surface area is 138 Å². The third kappa shape index (κ3) is 4.49. The van der Waals surface area contributed by atoms with Gasteiger partial charge in [-0.1, -0.05) is 22.0 Å². The molecule has 0 bridgehead atoms. The highest BCUT2D eigenvalue weighted by Gasteiger charge is 2.06. The summed E-state index contributed by atoms with van der Waals surface area (Å²) in [6, 6.07) is 12.9. The zero-order valence-corrected chi connectivity index (χ0v) is 14.1. The van der Waals surface area contributed by atoms with Crippen molar-refractivity contribution in [1.29, 1.82) is 0 Å². The number of aryl methyl sites for hydroxylation is 1. The van der Waals surface area contributed by atoms with E-state index in [1.165, 1.54) is 0 Å². The topological polar surface area (TPSA) is 47.6 Å². The predicted octanol–water partition coefficient (Wildman–Crippen LogP) is 3.57. The summed E-state index contributed by atoms with van der Waals surface area (Å²) in [6.07, 6.45) is 0. The van der Waals surface area contributed by atoms with Gasteiger partial charge in [-0.2, -0.15) is 0 Å². The molecule has 0 radical (unpaired) electrons. The first-order valence-electron chi connectivity index (χ1n) is 6.91. The maximum atomic E-state index is 11.9. The van der Waals surface area contributed by atoms with E-state index in [4.69, 9.17) is 9.47 Å². The van der Waals surface area contributed by atoms with E-state index >= 15 is 0 Å². The molecular formula is C17H18BrNO3. The van der Waals surface area contributed by atoms with Crippen LogP contribution in [0.1, 0.15) is 15.9 Å². The van der Waals surface area contributed by atoms with Gasteiger partial charge in [-0.15, -0.1) is 0 Å². The van der Waals surface area contributed by atoms with Crippen molar-refractivity contribution in [2.75, 3.05) is 20.3 Å². The number of hydrogen-bond acceptors (Lipinski definition) is 3. The van der Waals surface area contributed by atoms with Gasteiger partial charge in [0.1, 0.15) is 6.61 Å². The molecule has 0 heterocycles. The second-order valence-corrected chi connectivity index (χ2v) is 5.68. The summed E-state index contributed by atoms with van der Waals surface area (Å²) in [6.45, 7) is 2.79. The van der Waals surface area contributed by atoms with Crippen molar-refractivity contribution in [3.8, 4) is 11.5 Å². The lowest BCUT2D eigenvalue weighted by Crippen LogP contribution is -2.28. The Morgan fingerprint density at radius 1 is 1.14 bits per heavy atom. The van der Waals surface area contributed by atoms with Gasteiger partial charge < -0.3 is 14.8 Å². The lowest BCUT2D eigenvalue weighted by atomic mass is 10.2. The molecule has 2 aromatic rings. The molecule has 0 aromatic heterocycles. The van der Waals surface area contributed by atoms with E-state index < -0.39 is 0 Å². The van der Waals surface area contributed by atoms with Crippen molar-refractivity contribution in [3.63, 3.8) is 0 Å². The smallest absolute Gasteiger partial charge is 0.251 e. The minimum absolute atomic E-state index is 0.119. The van der Waals surface area contributed by atoms with E-state index in [1.807, 2.05) is 37.3 Å². The van der Waals surface area contributed by atoms with Gasteiger partial charge in [0, 0.05) is 10.0 Å². The molecule has 0 unspecified atom stereocenters. The summed E-state index contributed by atoms with van der Waals surface area (Å²) in [5.41, 5.74) is 1.73. The minimum atomic E-state index is -0.119. The molecular weight excluding hydrogens is 346 g/mol. The zero-order valence-electron chi connectivity index (χ0n) is 12.6. The quantitative estimate of drug-likeness (QED) is 0.798. The molecule has 0 saturated heterocycles. The summed E-state index contributed by atoms with van der Waals surface area (Å²) in [7, 11) is 1.61. The molecule has 4 nitrogen and oxygen atoms in total. The molecule has 0 atom stereocenters.